The first kappa shape index (κ1) is 16.4. The minimum Gasteiger partial charge on any atom is -0.314 e. The smallest absolute Gasteiger partial charge is 0.243 e. The van der Waals surface area contributed by atoms with Gasteiger partial charge in [0.2, 0.25) is 10.0 Å². The second-order valence-electron chi connectivity index (χ2n) is 6.18. The predicted molar refractivity (Wildman–Crippen MR) is 87.5 cm³/mol. The molecule has 0 radical (unpaired) electrons. The molecule has 23 heavy (non-hydrogen) atoms. The number of sulfonamides is 1. The van der Waals surface area contributed by atoms with E-state index in [1.165, 1.54) is 0 Å². The average Bonchev–Trinajstić information content (AvgIpc) is 3.06. The van der Waals surface area contributed by atoms with Gasteiger partial charge in [0.25, 0.3) is 0 Å². The SMILES string of the molecule is Cc1cc(S(=O)(=O)N2CCC(N3CCNCC3)C2)ccc1C#N. The monoisotopic (exact) mass is 334 g/mol. The van der Waals surface area contributed by atoms with E-state index >= 15 is 0 Å². The Kier molecular flexibility index (Phi) is 4.69. The van der Waals surface area contributed by atoms with E-state index in [9.17, 15) is 8.42 Å². The lowest BCUT2D eigenvalue weighted by atomic mass is 10.1. The summed E-state index contributed by atoms with van der Waals surface area (Å²) in [6.45, 7) is 6.79. The summed E-state index contributed by atoms with van der Waals surface area (Å²) in [5.74, 6) is 0. The second-order valence-corrected chi connectivity index (χ2v) is 8.12. The first-order chi connectivity index (χ1) is 11.0. The predicted octanol–water partition coefficient (Wildman–Crippen LogP) is 0.535. The number of nitrogens with one attached hydrogen (secondary N) is 1. The summed E-state index contributed by atoms with van der Waals surface area (Å²) in [5, 5.41) is 12.3. The van der Waals surface area contributed by atoms with Crippen LogP contribution in [0.15, 0.2) is 23.1 Å². The van der Waals surface area contributed by atoms with Crippen LogP contribution < -0.4 is 5.32 Å². The fourth-order valence-electron chi connectivity index (χ4n) is 3.35. The number of hydrogen-bond donors (Lipinski definition) is 1. The maximum absolute atomic E-state index is 12.8. The quantitative estimate of drug-likeness (QED) is 0.873. The van der Waals surface area contributed by atoms with Crippen LogP contribution in [0.1, 0.15) is 17.5 Å². The molecule has 2 heterocycles. The van der Waals surface area contributed by atoms with Gasteiger partial charge in [-0.25, -0.2) is 8.42 Å². The summed E-state index contributed by atoms with van der Waals surface area (Å²) >= 11 is 0. The highest BCUT2D eigenvalue weighted by Gasteiger charge is 2.35. The van der Waals surface area contributed by atoms with E-state index in [0.717, 1.165) is 32.6 Å². The van der Waals surface area contributed by atoms with Crippen molar-refractivity contribution in [2.75, 3.05) is 39.3 Å². The Morgan fingerprint density at radius 1 is 1.26 bits per heavy atom. The van der Waals surface area contributed by atoms with Gasteiger partial charge in [-0.3, -0.25) is 4.90 Å². The molecule has 0 amide bonds. The van der Waals surface area contributed by atoms with Gasteiger partial charge in [-0.05, 0) is 37.1 Å². The average molecular weight is 334 g/mol. The minimum atomic E-state index is -3.48. The Bertz CT molecular complexity index is 720. The Hall–Kier alpha value is -1.46. The first-order valence-electron chi connectivity index (χ1n) is 7.98. The first-order valence-corrected chi connectivity index (χ1v) is 9.42. The molecular formula is C16H22N4O2S. The van der Waals surface area contributed by atoms with E-state index in [0.29, 0.717) is 30.3 Å². The topological polar surface area (TPSA) is 76.4 Å². The van der Waals surface area contributed by atoms with Crippen molar-refractivity contribution >= 4 is 10.0 Å². The van der Waals surface area contributed by atoms with Crippen LogP contribution in [0.3, 0.4) is 0 Å². The van der Waals surface area contributed by atoms with Gasteiger partial charge in [0.1, 0.15) is 0 Å². The van der Waals surface area contributed by atoms with E-state index < -0.39 is 10.0 Å². The van der Waals surface area contributed by atoms with E-state index in [4.69, 9.17) is 5.26 Å². The Morgan fingerprint density at radius 2 is 2.00 bits per heavy atom. The van der Waals surface area contributed by atoms with Gasteiger partial charge in [0, 0.05) is 45.3 Å². The van der Waals surface area contributed by atoms with Crippen molar-refractivity contribution in [3.63, 3.8) is 0 Å². The molecule has 6 nitrogen and oxygen atoms in total. The molecule has 124 valence electrons. The lowest BCUT2D eigenvalue weighted by Gasteiger charge is -2.32. The molecule has 1 atom stereocenters. The van der Waals surface area contributed by atoms with Crippen LogP contribution in [-0.2, 0) is 10.0 Å². The number of nitriles is 1. The Labute approximate surface area is 137 Å². The van der Waals surface area contributed by atoms with Gasteiger partial charge in [0.05, 0.1) is 16.5 Å². The van der Waals surface area contributed by atoms with Gasteiger partial charge in [0.15, 0.2) is 0 Å². The summed E-state index contributed by atoms with van der Waals surface area (Å²) in [6.07, 6.45) is 0.883. The highest BCUT2D eigenvalue weighted by Crippen LogP contribution is 2.25. The van der Waals surface area contributed by atoms with Crippen LogP contribution in [0.5, 0.6) is 0 Å². The number of aryl methyl sites for hydroxylation is 1. The van der Waals surface area contributed by atoms with Crippen molar-refractivity contribution in [1.82, 2.24) is 14.5 Å². The Morgan fingerprint density at radius 3 is 2.65 bits per heavy atom. The van der Waals surface area contributed by atoms with Crippen LogP contribution in [0.2, 0.25) is 0 Å². The molecule has 0 saturated carbocycles. The standard InChI is InChI=1S/C16H22N4O2S/c1-13-10-16(3-2-14(13)11-17)23(21,22)20-7-4-15(12-20)19-8-5-18-6-9-19/h2-3,10,15,18H,4-9,12H2,1H3. The maximum Gasteiger partial charge on any atom is 0.243 e. The van der Waals surface area contributed by atoms with Gasteiger partial charge in [-0.2, -0.15) is 9.57 Å². The number of piperazine rings is 1. The molecule has 1 aromatic carbocycles. The molecule has 0 aliphatic carbocycles. The minimum absolute atomic E-state index is 0.287. The molecule has 2 aliphatic rings. The van der Waals surface area contributed by atoms with Gasteiger partial charge in [-0.15, -0.1) is 0 Å². The van der Waals surface area contributed by atoms with Gasteiger partial charge >= 0.3 is 0 Å². The molecule has 2 saturated heterocycles. The Balaban J connectivity index is 1.76. The molecule has 7 heteroatoms. The molecule has 0 spiro atoms. The molecule has 0 aromatic heterocycles. The van der Waals surface area contributed by atoms with Crippen molar-refractivity contribution < 1.29 is 8.42 Å². The van der Waals surface area contributed by atoms with Crippen molar-refractivity contribution in [1.29, 1.82) is 5.26 Å². The molecule has 1 aromatic rings. The number of rotatable bonds is 3. The van der Waals surface area contributed by atoms with E-state index in [2.05, 4.69) is 16.3 Å². The molecule has 3 rings (SSSR count). The third-order valence-corrected chi connectivity index (χ3v) is 6.61. The third-order valence-electron chi connectivity index (χ3n) is 4.75. The highest BCUT2D eigenvalue weighted by atomic mass is 32.2. The zero-order chi connectivity index (χ0) is 16.4. The summed E-state index contributed by atoms with van der Waals surface area (Å²) in [5.41, 5.74) is 1.22. The lowest BCUT2D eigenvalue weighted by Crippen LogP contribution is -2.49. The van der Waals surface area contributed by atoms with E-state index in [1.54, 1.807) is 29.4 Å². The van der Waals surface area contributed by atoms with Crippen molar-refractivity contribution in [2.24, 2.45) is 0 Å². The van der Waals surface area contributed by atoms with Gasteiger partial charge in [-0.1, -0.05) is 0 Å². The normalized spacial score (nSPS) is 23.7. The van der Waals surface area contributed by atoms with Crippen LogP contribution in [0.4, 0.5) is 0 Å². The maximum atomic E-state index is 12.8. The lowest BCUT2D eigenvalue weighted by molar-refractivity contribution is 0.179. The summed E-state index contributed by atoms with van der Waals surface area (Å²) in [4.78, 5) is 2.67. The van der Waals surface area contributed by atoms with Crippen molar-refractivity contribution in [3.05, 3.63) is 29.3 Å². The number of benzene rings is 1. The molecule has 1 unspecified atom stereocenters. The zero-order valence-electron chi connectivity index (χ0n) is 13.3. The van der Waals surface area contributed by atoms with Crippen LogP contribution in [0.25, 0.3) is 0 Å². The van der Waals surface area contributed by atoms with Crippen LogP contribution in [-0.4, -0.2) is 62.9 Å². The largest absolute Gasteiger partial charge is 0.314 e. The third kappa shape index (κ3) is 3.26. The van der Waals surface area contributed by atoms with Gasteiger partial charge < -0.3 is 5.32 Å². The molecular weight excluding hydrogens is 312 g/mol. The van der Waals surface area contributed by atoms with E-state index in [-0.39, 0.29) is 4.90 Å². The molecule has 0 bridgehead atoms. The number of nitrogens with zero attached hydrogens (tertiary/aromatic N) is 3. The van der Waals surface area contributed by atoms with Crippen LogP contribution in [0, 0.1) is 18.3 Å². The summed E-state index contributed by atoms with van der Waals surface area (Å²) < 4.78 is 27.2. The molecule has 1 N–H and O–H groups in total. The van der Waals surface area contributed by atoms with E-state index in [1.807, 2.05) is 0 Å². The second kappa shape index (κ2) is 6.57. The summed E-state index contributed by atoms with van der Waals surface area (Å²) in [6, 6.07) is 7.12. The fourth-order valence-corrected chi connectivity index (χ4v) is 4.92. The van der Waals surface area contributed by atoms with Crippen molar-refractivity contribution in [2.45, 2.75) is 24.3 Å². The number of hydrogen-bond acceptors (Lipinski definition) is 5. The fraction of sp³-hybridized carbons (Fsp3) is 0.562. The van der Waals surface area contributed by atoms with Crippen molar-refractivity contribution in [3.8, 4) is 6.07 Å². The summed E-state index contributed by atoms with van der Waals surface area (Å²) in [7, 11) is -3.48. The molecule has 2 aliphatic heterocycles. The molecule has 2 fully saturated rings. The highest BCUT2D eigenvalue weighted by molar-refractivity contribution is 7.89. The zero-order valence-corrected chi connectivity index (χ0v) is 14.1. The van der Waals surface area contributed by atoms with Crippen LogP contribution >= 0.6 is 0 Å².